The molecule has 0 atom stereocenters. The molecule has 2 aromatic rings. The zero-order chi connectivity index (χ0) is 11.7. The second-order valence-electron chi connectivity index (χ2n) is 3.27. The third kappa shape index (κ3) is 1.54. The van der Waals surface area contributed by atoms with Crippen LogP contribution < -0.4 is 21.3 Å². The molecule has 0 radical (unpaired) electrons. The minimum absolute atomic E-state index is 0.279. The lowest BCUT2D eigenvalue weighted by molar-refractivity contribution is 0.414. The summed E-state index contributed by atoms with van der Waals surface area (Å²) in [6.07, 6.45) is 0. The van der Waals surface area contributed by atoms with Crippen LogP contribution in [0.2, 0.25) is 0 Å². The molecule has 0 saturated heterocycles. The predicted octanol–water partition coefficient (Wildman–Crippen LogP) is 0.260. The number of aromatic nitrogens is 1. The van der Waals surface area contributed by atoms with E-state index in [2.05, 4.69) is 13.2 Å². The Bertz CT molecular complexity index is 649. The summed E-state index contributed by atoms with van der Waals surface area (Å²) in [6.45, 7) is 7.32. The van der Waals surface area contributed by atoms with Gasteiger partial charge >= 0.3 is 5.76 Å². The molecule has 0 spiro atoms. The smallest absolute Gasteiger partial charge is 0.424 e. The van der Waals surface area contributed by atoms with E-state index in [0.29, 0.717) is 11.0 Å². The monoisotopic (exact) mass is 217 g/mol. The predicted molar refractivity (Wildman–Crippen MR) is 61.2 cm³/mol. The summed E-state index contributed by atoms with van der Waals surface area (Å²) in [5, 5.41) is 0.454. The van der Waals surface area contributed by atoms with Gasteiger partial charge in [0.2, 0.25) is 0 Å². The Hall–Kier alpha value is -2.23. The highest BCUT2D eigenvalue weighted by Gasteiger charge is 2.05. The first-order valence-corrected chi connectivity index (χ1v) is 4.67. The van der Waals surface area contributed by atoms with Crippen LogP contribution in [-0.2, 0) is 0 Å². The first kappa shape index (κ1) is 10.3. The number of nitrogens with zero attached hydrogens (tertiary/aromatic N) is 1. The highest BCUT2D eigenvalue weighted by molar-refractivity contribution is 5.37. The molecular formula is C12H11NO3. The van der Waals surface area contributed by atoms with E-state index < -0.39 is 5.76 Å². The van der Waals surface area contributed by atoms with Crippen molar-refractivity contribution in [3.8, 4) is 11.4 Å². The molecule has 0 N–H and O–H groups in total. The van der Waals surface area contributed by atoms with Gasteiger partial charge in [-0.2, -0.15) is 0 Å². The van der Waals surface area contributed by atoms with Gasteiger partial charge < -0.3 is 9.15 Å². The van der Waals surface area contributed by atoms with Gasteiger partial charge in [-0.1, -0.05) is 13.2 Å². The third-order valence-corrected chi connectivity index (χ3v) is 2.32. The van der Waals surface area contributed by atoms with E-state index in [9.17, 15) is 4.79 Å². The molecule has 0 aliphatic heterocycles. The molecule has 4 nitrogen and oxygen atoms in total. The van der Waals surface area contributed by atoms with E-state index in [0.717, 1.165) is 5.75 Å². The standard InChI is InChI=1S/C12H11NO3/c1-8-9(2)16-12(14)13(8)10-4-6-11(15-3)7-5-10/h4-7H,1-2H2,3H3. The van der Waals surface area contributed by atoms with E-state index in [4.69, 9.17) is 9.15 Å². The van der Waals surface area contributed by atoms with Gasteiger partial charge in [0, 0.05) is 0 Å². The number of benzene rings is 1. The van der Waals surface area contributed by atoms with Crippen LogP contribution in [0.3, 0.4) is 0 Å². The van der Waals surface area contributed by atoms with Crippen molar-refractivity contribution in [2.24, 2.45) is 0 Å². The lowest BCUT2D eigenvalue weighted by Crippen LogP contribution is -2.28. The van der Waals surface area contributed by atoms with Crippen LogP contribution in [0, 0.1) is 0 Å². The number of hydrogen-bond donors (Lipinski definition) is 0. The maximum atomic E-state index is 11.5. The van der Waals surface area contributed by atoms with Crippen molar-refractivity contribution in [1.29, 1.82) is 0 Å². The van der Waals surface area contributed by atoms with Gasteiger partial charge in [-0.25, -0.2) is 9.36 Å². The fraction of sp³-hybridized carbons (Fsp3) is 0.0833. The van der Waals surface area contributed by atoms with Crippen LogP contribution in [0.4, 0.5) is 0 Å². The van der Waals surface area contributed by atoms with Gasteiger partial charge in [-0.15, -0.1) is 0 Å². The highest BCUT2D eigenvalue weighted by atomic mass is 16.5. The normalized spacial score (nSPS) is 10.3. The van der Waals surface area contributed by atoms with Crippen LogP contribution in [0.5, 0.6) is 5.75 Å². The molecule has 0 amide bonds. The average Bonchev–Trinajstić information content (AvgIpc) is 2.54. The number of ether oxygens (including phenoxy) is 1. The summed E-state index contributed by atoms with van der Waals surface area (Å²) >= 11 is 0. The van der Waals surface area contributed by atoms with Crippen LogP contribution in [0.25, 0.3) is 18.8 Å². The molecule has 0 bridgehead atoms. The van der Waals surface area contributed by atoms with E-state index in [1.165, 1.54) is 4.57 Å². The maximum absolute atomic E-state index is 11.5. The van der Waals surface area contributed by atoms with Gasteiger partial charge in [-0.3, -0.25) is 0 Å². The fourth-order valence-corrected chi connectivity index (χ4v) is 1.44. The topological polar surface area (TPSA) is 44.4 Å². The molecule has 0 saturated carbocycles. The van der Waals surface area contributed by atoms with E-state index in [1.807, 2.05) is 0 Å². The number of oxazole rings is 1. The van der Waals surface area contributed by atoms with Crippen molar-refractivity contribution < 1.29 is 9.15 Å². The quantitative estimate of drug-likeness (QED) is 0.724. The zero-order valence-corrected chi connectivity index (χ0v) is 8.90. The average molecular weight is 217 g/mol. The van der Waals surface area contributed by atoms with Gasteiger partial charge in [-0.05, 0) is 24.3 Å². The maximum Gasteiger partial charge on any atom is 0.424 e. The summed E-state index contributed by atoms with van der Waals surface area (Å²) in [5.74, 6) is 0.237. The van der Waals surface area contributed by atoms with Crippen LogP contribution >= 0.6 is 0 Å². The first-order valence-electron chi connectivity index (χ1n) is 4.67. The summed E-state index contributed by atoms with van der Waals surface area (Å²) in [4.78, 5) is 11.5. The lowest BCUT2D eigenvalue weighted by atomic mass is 10.3. The Morgan fingerprint density at radius 3 is 2.31 bits per heavy atom. The molecule has 0 aliphatic rings. The Morgan fingerprint density at radius 2 is 1.88 bits per heavy atom. The largest absolute Gasteiger partial charge is 0.497 e. The first-order chi connectivity index (χ1) is 7.63. The van der Waals surface area contributed by atoms with E-state index in [1.54, 1.807) is 31.4 Å². The highest BCUT2D eigenvalue weighted by Crippen LogP contribution is 2.12. The van der Waals surface area contributed by atoms with Gasteiger partial charge in [0.15, 0.2) is 0 Å². The summed E-state index contributed by atoms with van der Waals surface area (Å²) in [5.41, 5.74) is 0.954. The fourth-order valence-electron chi connectivity index (χ4n) is 1.44. The SMILES string of the molecule is C=c1oc(=O)n(-c2ccc(OC)cc2)c1=C. The summed E-state index contributed by atoms with van der Waals surface area (Å²) < 4.78 is 11.3. The van der Waals surface area contributed by atoms with E-state index >= 15 is 0 Å². The Morgan fingerprint density at radius 1 is 1.25 bits per heavy atom. The Labute approximate surface area is 91.7 Å². The molecule has 0 fully saturated rings. The van der Waals surface area contributed by atoms with Crippen molar-refractivity contribution in [3.63, 3.8) is 0 Å². The molecule has 1 aromatic heterocycles. The second-order valence-corrected chi connectivity index (χ2v) is 3.27. The summed E-state index contributed by atoms with van der Waals surface area (Å²) in [6, 6.07) is 7.03. The lowest BCUT2D eigenvalue weighted by Gasteiger charge is -2.02. The van der Waals surface area contributed by atoms with Crippen molar-refractivity contribution in [1.82, 2.24) is 4.57 Å². The van der Waals surface area contributed by atoms with Crippen LogP contribution in [0.15, 0.2) is 33.5 Å². The molecule has 2 rings (SSSR count). The minimum atomic E-state index is -0.486. The van der Waals surface area contributed by atoms with Crippen LogP contribution in [0.1, 0.15) is 0 Å². The van der Waals surface area contributed by atoms with Crippen molar-refractivity contribution >= 4 is 13.2 Å². The molecule has 1 aromatic carbocycles. The van der Waals surface area contributed by atoms with E-state index in [-0.39, 0.29) is 5.42 Å². The molecule has 0 unspecified atom stereocenters. The Balaban J connectivity index is 2.63. The molecule has 4 heteroatoms. The van der Waals surface area contributed by atoms with Gasteiger partial charge in [0.25, 0.3) is 0 Å². The van der Waals surface area contributed by atoms with Crippen molar-refractivity contribution in [2.45, 2.75) is 0 Å². The summed E-state index contributed by atoms with van der Waals surface area (Å²) in [7, 11) is 1.58. The molecule has 1 heterocycles. The van der Waals surface area contributed by atoms with Gasteiger partial charge in [0.1, 0.15) is 11.2 Å². The van der Waals surface area contributed by atoms with Crippen molar-refractivity contribution in [3.05, 3.63) is 45.6 Å². The van der Waals surface area contributed by atoms with Gasteiger partial charge in [0.05, 0.1) is 18.1 Å². The van der Waals surface area contributed by atoms with Crippen molar-refractivity contribution in [2.75, 3.05) is 7.11 Å². The third-order valence-electron chi connectivity index (χ3n) is 2.32. The number of methoxy groups -OCH3 is 1. The molecular weight excluding hydrogens is 206 g/mol. The second kappa shape index (κ2) is 3.73. The number of rotatable bonds is 2. The minimum Gasteiger partial charge on any atom is -0.497 e. The molecule has 0 aliphatic carbocycles. The zero-order valence-electron chi connectivity index (χ0n) is 8.90. The van der Waals surface area contributed by atoms with Crippen LogP contribution in [-0.4, -0.2) is 11.7 Å². The molecule has 16 heavy (non-hydrogen) atoms. The Kier molecular flexibility index (Phi) is 2.40. The molecule has 82 valence electrons. The number of hydrogen-bond acceptors (Lipinski definition) is 3.